The molecule has 22 heavy (non-hydrogen) atoms. The maximum absolute atomic E-state index is 12.8. The smallest absolute Gasteiger partial charge is 0.223 e. The molecule has 0 bridgehead atoms. The van der Waals surface area contributed by atoms with E-state index in [9.17, 15) is 17.6 Å². The van der Waals surface area contributed by atoms with Crippen LogP contribution >= 0.6 is 0 Å². The number of rotatable bonds is 6. The Labute approximate surface area is 129 Å². The van der Waals surface area contributed by atoms with Gasteiger partial charge in [-0.15, -0.1) is 0 Å². The van der Waals surface area contributed by atoms with E-state index in [-0.39, 0.29) is 24.1 Å². The van der Waals surface area contributed by atoms with Crippen molar-refractivity contribution in [3.63, 3.8) is 0 Å². The molecular formula is C15H19FN2O3S. The molecule has 5 nitrogen and oxygen atoms in total. The molecule has 1 aromatic rings. The summed E-state index contributed by atoms with van der Waals surface area (Å²) in [7, 11) is -3.48. The monoisotopic (exact) mass is 326 g/mol. The highest BCUT2D eigenvalue weighted by Crippen LogP contribution is 2.32. The van der Waals surface area contributed by atoms with E-state index in [4.69, 9.17) is 0 Å². The highest BCUT2D eigenvalue weighted by Gasteiger charge is 2.39. The lowest BCUT2D eigenvalue weighted by Crippen LogP contribution is -2.32. The van der Waals surface area contributed by atoms with E-state index >= 15 is 0 Å². The first-order valence-corrected chi connectivity index (χ1v) is 9.09. The summed E-state index contributed by atoms with van der Waals surface area (Å²) < 4.78 is 39.5. The van der Waals surface area contributed by atoms with Gasteiger partial charge in [0.05, 0.1) is 5.75 Å². The summed E-state index contributed by atoms with van der Waals surface area (Å²) in [6.07, 6.45) is 2.54. The standard InChI is InChI=1S/C15H19FN2O3S/c16-13-3-1-11(2-4-13)10-22(20,21)17-8-12-7-15(19)18(9-12)14-5-6-14/h1-4,12,14,17H,5-10H2. The Balaban J connectivity index is 1.52. The lowest BCUT2D eigenvalue weighted by molar-refractivity contribution is -0.128. The second-order valence-corrected chi connectivity index (χ2v) is 7.89. The summed E-state index contributed by atoms with van der Waals surface area (Å²) >= 11 is 0. The predicted octanol–water partition coefficient (Wildman–Crippen LogP) is 1.26. The molecule has 0 radical (unpaired) electrons. The summed E-state index contributed by atoms with van der Waals surface area (Å²) in [6, 6.07) is 5.79. The van der Waals surface area contributed by atoms with E-state index in [0.29, 0.717) is 24.6 Å². The van der Waals surface area contributed by atoms with Crippen molar-refractivity contribution < 1.29 is 17.6 Å². The second kappa shape index (κ2) is 5.96. The van der Waals surface area contributed by atoms with Crippen molar-refractivity contribution >= 4 is 15.9 Å². The Morgan fingerprint density at radius 1 is 1.23 bits per heavy atom. The number of sulfonamides is 1. The fraction of sp³-hybridized carbons (Fsp3) is 0.533. The van der Waals surface area contributed by atoms with Gasteiger partial charge < -0.3 is 4.90 Å². The van der Waals surface area contributed by atoms with E-state index in [1.54, 1.807) is 0 Å². The van der Waals surface area contributed by atoms with Crippen LogP contribution in [-0.4, -0.2) is 38.4 Å². The molecule has 120 valence electrons. The van der Waals surface area contributed by atoms with Crippen LogP contribution in [0.25, 0.3) is 0 Å². The molecule has 1 aromatic carbocycles. The van der Waals surface area contributed by atoms with Gasteiger partial charge in [-0.1, -0.05) is 12.1 Å². The van der Waals surface area contributed by atoms with Crippen LogP contribution in [0.2, 0.25) is 0 Å². The lowest BCUT2D eigenvalue weighted by atomic mass is 10.1. The molecule has 1 unspecified atom stereocenters. The molecule has 0 spiro atoms. The van der Waals surface area contributed by atoms with E-state index < -0.39 is 15.8 Å². The van der Waals surface area contributed by atoms with Crippen LogP contribution in [0.15, 0.2) is 24.3 Å². The third-order valence-corrected chi connectivity index (χ3v) is 5.41. The van der Waals surface area contributed by atoms with Gasteiger partial charge in [0.25, 0.3) is 0 Å². The minimum absolute atomic E-state index is 0.0380. The number of nitrogens with zero attached hydrogens (tertiary/aromatic N) is 1. The number of halogens is 1. The summed E-state index contributed by atoms with van der Waals surface area (Å²) in [4.78, 5) is 13.7. The van der Waals surface area contributed by atoms with Crippen molar-refractivity contribution in [2.24, 2.45) is 5.92 Å². The van der Waals surface area contributed by atoms with Crippen LogP contribution in [0.3, 0.4) is 0 Å². The second-order valence-electron chi connectivity index (χ2n) is 6.08. The zero-order valence-corrected chi connectivity index (χ0v) is 13.0. The van der Waals surface area contributed by atoms with Gasteiger partial charge in [-0.2, -0.15) is 0 Å². The average Bonchev–Trinajstić information content (AvgIpc) is 3.23. The molecule has 1 amide bonds. The third kappa shape index (κ3) is 3.84. The Kier molecular flexibility index (Phi) is 4.18. The first-order chi connectivity index (χ1) is 10.4. The van der Waals surface area contributed by atoms with Crippen LogP contribution in [-0.2, 0) is 20.6 Å². The Hall–Kier alpha value is -1.47. The molecule has 1 aliphatic carbocycles. The summed E-state index contributed by atoms with van der Waals surface area (Å²) in [6.45, 7) is 0.918. The van der Waals surface area contributed by atoms with Gasteiger partial charge in [0.15, 0.2) is 0 Å². The van der Waals surface area contributed by atoms with Gasteiger partial charge in [-0.25, -0.2) is 17.5 Å². The minimum Gasteiger partial charge on any atom is -0.339 e. The summed E-state index contributed by atoms with van der Waals surface area (Å²) in [5.41, 5.74) is 0.538. The largest absolute Gasteiger partial charge is 0.339 e. The van der Waals surface area contributed by atoms with Gasteiger partial charge in [0.1, 0.15) is 5.82 Å². The molecule has 1 saturated heterocycles. The highest BCUT2D eigenvalue weighted by molar-refractivity contribution is 7.88. The van der Waals surface area contributed by atoms with Gasteiger partial charge in [0.2, 0.25) is 15.9 Å². The maximum Gasteiger partial charge on any atom is 0.223 e. The molecule has 0 aromatic heterocycles. The van der Waals surface area contributed by atoms with Crippen LogP contribution in [0.5, 0.6) is 0 Å². The molecule has 1 heterocycles. The fourth-order valence-corrected chi connectivity index (χ4v) is 4.00. The van der Waals surface area contributed by atoms with Crippen molar-refractivity contribution in [1.29, 1.82) is 0 Å². The van der Waals surface area contributed by atoms with Crippen molar-refractivity contribution in [1.82, 2.24) is 9.62 Å². The van der Waals surface area contributed by atoms with Crippen molar-refractivity contribution in [3.8, 4) is 0 Å². The van der Waals surface area contributed by atoms with Crippen molar-refractivity contribution in [2.75, 3.05) is 13.1 Å². The lowest BCUT2D eigenvalue weighted by Gasteiger charge is -2.15. The van der Waals surface area contributed by atoms with Crippen LogP contribution < -0.4 is 4.72 Å². The van der Waals surface area contributed by atoms with E-state index in [1.807, 2.05) is 4.90 Å². The predicted molar refractivity (Wildman–Crippen MR) is 79.9 cm³/mol. The number of amides is 1. The number of carbonyl (C=O) groups is 1. The molecule has 1 saturated carbocycles. The SMILES string of the molecule is O=C1CC(CNS(=O)(=O)Cc2ccc(F)cc2)CN1C1CC1. The average molecular weight is 326 g/mol. The quantitative estimate of drug-likeness (QED) is 0.856. The highest BCUT2D eigenvalue weighted by atomic mass is 32.2. The number of hydrogen-bond donors (Lipinski definition) is 1. The fourth-order valence-electron chi connectivity index (χ4n) is 2.78. The van der Waals surface area contributed by atoms with E-state index in [2.05, 4.69) is 4.72 Å². The number of carbonyl (C=O) groups excluding carboxylic acids is 1. The van der Waals surface area contributed by atoms with Crippen molar-refractivity contribution in [3.05, 3.63) is 35.6 Å². The number of hydrogen-bond acceptors (Lipinski definition) is 3. The van der Waals surface area contributed by atoms with Crippen molar-refractivity contribution in [2.45, 2.75) is 31.1 Å². The first-order valence-electron chi connectivity index (χ1n) is 7.44. The minimum atomic E-state index is -3.48. The normalized spacial score (nSPS) is 22.3. The number of nitrogens with one attached hydrogen (secondary N) is 1. The third-order valence-electron chi connectivity index (χ3n) is 4.09. The Bertz CT molecular complexity index is 656. The summed E-state index contributed by atoms with van der Waals surface area (Å²) in [5, 5.41) is 0. The topological polar surface area (TPSA) is 66.5 Å². The first kappa shape index (κ1) is 15.4. The van der Waals surface area contributed by atoms with Gasteiger partial charge in [-0.05, 0) is 36.5 Å². The molecule has 1 N–H and O–H groups in total. The van der Waals surface area contributed by atoms with Crippen LogP contribution in [0.1, 0.15) is 24.8 Å². The van der Waals surface area contributed by atoms with E-state index in [0.717, 1.165) is 12.8 Å². The molecule has 1 aliphatic heterocycles. The van der Waals surface area contributed by atoms with Crippen LogP contribution in [0.4, 0.5) is 4.39 Å². The molecule has 7 heteroatoms. The Morgan fingerprint density at radius 2 is 1.91 bits per heavy atom. The van der Waals surface area contributed by atoms with Gasteiger partial charge in [-0.3, -0.25) is 4.79 Å². The molecule has 3 rings (SSSR count). The molecular weight excluding hydrogens is 307 g/mol. The summed E-state index contributed by atoms with van der Waals surface area (Å²) in [5.74, 6) is -0.402. The van der Waals surface area contributed by atoms with Gasteiger partial charge in [0, 0.05) is 25.6 Å². The maximum atomic E-state index is 12.8. The molecule has 1 atom stereocenters. The van der Waals surface area contributed by atoms with E-state index in [1.165, 1.54) is 24.3 Å². The number of likely N-dealkylation sites (tertiary alicyclic amines) is 1. The van der Waals surface area contributed by atoms with Gasteiger partial charge >= 0.3 is 0 Å². The zero-order valence-electron chi connectivity index (χ0n) is 12.2. The Morgan fingerprint density at radius 3 is 2.55 bits per heavy atom. The van der Waals surface area contributed by atoms with Crippen LogP contribution in [0, 0.1) is 11.7 Å². The zero-order chi connectivity index (χ0) is 15.7. The number of benzene rings is 1. The molecule has 2 fully saturated rings. The molecule has 2 aliphatic rings.